The van der Waals surface area contributed by atoms with Gasteiger partial charge in [-0.2, -0.15) is 0 Å². The smallest absolute Gasteiger partial charge is 0.358 e. The normalized spacial score (nSPS) is 10.2. The first-order valence-electron chi connectivity index (χ1n) is 6.61. The van der Waals surface area contributed by atoms with Gasteiger partial charge in [0.25, 0.3) is 5.91 Å². The van der Waals surface area contributed by atoms with E-state index in [9.17, 15) is 14.4 Å². The number of amides is 2. The molecule has 1 heterocycles. The molecular weight excluding hydrogens is 413 g/mol. The number of ether oxygens (including phenoxy) is 1. The van der Waals surface area contributed by atoms with Crippen molar-refractivity contribution in [2.24, 2.45) is 0 Å². The van der Waals surface area contributed by atoms with Crippen LogP contribution in [0.5, 0.6) is 0 Å². The SMILES string of the molecule is CC(=O)Nc1nc(C(=O)OCC(=O)Nc2c(Cl)cc(Cl)cc2Cl)cs1. The Morgan fingerprint density at radius 1 is 1.16 bits per heavy atom. The number of nitrogens with zero attached hydrogens (tertiary/aromatic N) is 1. The fraction of sp³-hybridized carbons (Fsp3) is 0.143. The van der Waals surface area contributed by atoms with Crippen LogP contribution in [0.4, 0.5) is 10.8 Å². The third kappa shape index (κ3) is 5.57. The molecule has 0 saturated heterocycles. The van der Waals surface area contributed by atoms with Crippen LogP contribution in [0.3, 0.4) is 0 Å². The second-order valence-electron chi connectivity index (χ2n) is 4.59. The molecule has 0 fully saturated rings. The Labute approximate surface area is 161 Å². The minimum atomic E-state index is -0.809. The molecule has 7 nitrogen and oxygen atoms in total. The van der Waals surface area contributed by atoms with Crippen molar-refractivity contribution < 1.29 is 19.1 Å². The topological polar surface area (TPSA) is 97.4 Å². The van der Waals surface area contributed by atoms with Gasteiger partial charge in [-0.1, -0.05) is 34.8 Å². The summed E-state index contributed by atoms with van der Waals surface area (Å²) in [7, 11) is 0. The predicted molar refractivity (Wildman–Crippen MR) is 96.8 cm³/mol. The lowest BCUT2D eigenvalue weighted by molar-refractivity contribution is -0.119. The maximum absolute atomic E-state index is 11.9. The number of rotatable bonds is 5. The zero-order chi connectivity index (χ0) is 18.6. The van der Waals surface area contributed by atoms with Crippen LogP contribution in [0.1, 0.15) is 17.4 Å². The van der Waals surface area contributed by atoms with Gasteiger partial charge >= 0.3 is 5.97 Å². The zero-order valence-corrected chi connectivity index (χ0v) is 15.6. The molecule has 132 valence electrons. The molecule has 1 aromatic carbocycles. The summed E-state index contributed by atoms with van der Waals surface area (Å²) in [5.74, 6) is -1.77. The van der Waals surface area contributed by atoms with E-state index in [0.29, 0.717) is 5.02 Å². The summed E-state index contributed by atoms with van der Waals surface area (Å²) >= 11 is 18.7. The summed E-state index contributed by atoms with van der Waals surface area (Å²) in [6.07, 6.45) is 0. The predicted octanol–water partition coefficient (Wildman–Crippen LogP) is 3.86. The Morgan fingerprint density at radius 2 is 1.80 bits per heavy atom. The molecule has 2 amide bonds. The van der Waals surface area contributed by atoms with Gasteiger partial charge in [-0.15, -0.1) is 11.3 Å². The van der Waals surface area contributed by atoms with Crippen molar-refractivity contribution in [2.75, 3.05) is 17.2 Å². The highest BCUT2D eigenvalue weighted by molar-refractivity contribution is 7.14. The minimum Gasteiger partial charge on any atom is -0.451 e. The van der Waals surface area contributed by atoms with Crippen molar-refractivity contribution in [3.63, 3.8) is 0 Å². The number of halogens is 3. The van der Waals surface area contributed by atoms with Crippen molar-refractivity contribution in [3.8, 4) is 0 Å². The Hall–Kier alpha value is -1.87. The molecule has 2 N–H and O–H groups in total. The number of carbonyl (C=O) groups excluding carboxylic acids is 3. The molecular formula is C14H10Cl3N3O4S. The molecule has 0 spiro atoms. The van der Waals surface area contributed by atoms with Crippen molar-refractivity contribution in [1.29, 1.82) is 0 Å². The van der Waals surface area contributed by atoms with Crippen LogP contribution in [-0.2, 0) is 14.3 Å². The van der Waals surface area contributed by atoms with Crippen LogP contribution in [-0.4, -0.2) is 29.4 Å². The van der Waals surface area contributed by atoms with Gasteiger partial charge in [0.15, 0.2) is 17.4 Å². The third-order valence-corrected chi connectivity index (χ3v) is 4.17. The quantitative estimate of drug-likeness (QED) is 0.713. The molecule has 0 saturated carbocycles. The molecule has 0 unspecified atom stereocenters. The number of nitrogens with one attached hydrogen (secondary N) is 2. The number of benzene rings is 1. The van der Waals surface area contributed by atoms with Crippen molar-refractivity contribution >= 4 is 74.7 Å². The number of carbonyl (C=O) groups is 3. The van der Waals surface area contributed by atoms with E-state index in [4.69, 9.17) is 39.5 Å². The van der Waals surface area contributed by atoms with Crippen molar-refractivity contribution in [2.45, 2.75) is 6.92 Å². The number of esters is 1. The largest absolute Gasteiger partial charge is 0.451 e. The number of thiazole rings is 1. The van der Waals surface area contributed by atoms with E-state index in [-0.39, 0.29) is 32.5 Å². The maximum atomic E-state index is 11.9. The van der Waals surface area contributed by atoms with Crippen molar-refractivity contribution in [1.82, 2.24) is 4.98 Å². The molecule has 0 aliphatic rings. The minimum absolute atomic E-state index is 0.0240. The average Bonchev–Trinajstić information content (AvgIpc) is 2.96. The Kier molecular flexibility index (Phi) is 6.60. The Bertz CT molecular complexity index is 817. The summed E-state index contributed by atoms with van der Waals surface area (Å²) in [5.41, 5.74) is 0.138. The summed E-state index contributed by atoms with van der Waals surface area (Å²) in [6, 6.07) is 2.82. The van der Waals surface area contributed by atoms with Gasteiger partial charge in [-0.05, 0) is 12.1 Å². The first-order valence-corrected chi connectivity index (χ1v) is 8.62. The van der Waals surface area contributed by atoms with E-state index in [2.05, 4.69) is 15.6 Å². The van der Waals surface area contributed by atoms with Crippen LogP contribution in [0.15, 0.2) is 17.5 Å². The summed E-state index contributed by atoms with van der Waals surface area (Å²) in [4.78, 5) is 38.5. The van der Waals surface area contributed by atoms with Crippen molar-refractivity contribution in [3.05, 3.63) is 38.3 Å². The molecule has 2 aromatic rings. The summed E-state index contributed by atoms with van der Waals surface area (Å²) in [5, 5.41) is 7.14. The number of aromatic nitrogens is 1. The van der Waals surface area contributed by atoms with E-state index in [1.165, 1.54) is 24.4 Å². The summed E-state index contributed by atoms with van der Waals surface area (Å²) in [6.45, 7) is 0.748. The highest BCUT2D eigenvalue weighted by Gasteiger charge is 2.16. The highest BCUT2D eigenvalue weighted by atomic mass is 35.5. The van der Waals surface area contributed by atoms with Gasteiger partial charge in [0.05, 0.1) is 15.7 Å². The number of anilines is 2. The monoisotopic (exact) mass is 421 g/mol. The van der Waals surface area contributed by atoms with Crippen LogP contribution < -0.4 is 10.6 Å². The van der Waals surface area contributed by atoms with E-state index < -0.39 is 18.5 Å². The van der Waals surface area contributed by atoms with Gasteiger partial charge < -0.3 is 15.4 Å². The highest BCUT2D eigenvalue weighted by Crippen LogP contribution is 2.33. The first-order chi connectivity index (χ1) is 11.8. The fourth-order valence-electron chi connectivity index (χ4n) is 1.62. The second-order valence-corrected chi connectivity index (χ2v) is 6.70. The average molecular weight is 423 g/mol. The molecule has 11 heteroatoms. The van der Waals surface area contributed by atoms with Gasteiger partial charge in [0, 0.05) is 17.3 Å². The summed E-state index contributed by atoms with van der Waals surface area (Å²) < 4.78 is 4.85. The molecule has 0 aliphatic heterocycles. The molecule has 0 aliphatic carbocycles. The van der Waals surface area contributed by atoms with Crippen LogP contribution in [0.2, 0.25) is 15.1 Å². The standard InChI is InChI=1S/C14H10Cl3N3O4S/c1-6(21)18-14-19-10(5-25-14)13(23)24-4-11(22)20-12-8(16)2-7(15)3-9(12)17/h2-3,5H,4H2,1H3,(H,20,22)(H,18,19,21). The second kappa shape index (κ2) is 8.48. The zero-order valence-electron chi connectivity index (χ0n) is 12.6. The molecule has 25 heavy (non-hydrogen) atoms. The van der Waals surface area contributed by atoms with E-state index in [1.54, 1.807) is 0 Å². The number of hydrogen-bond acceptors (Lipinski definition) is 6. The first kappa shape index (κ1) is 19.5. The lowest BCUT2D eigenvalue weighted by Crippen LogP contribution is -2.21. The lowest BCUT2D eigenvalue weighted by atomic mass is 10.3. The molecule has 0 atom stereocenters. The van der Waals surface area contributed by atoms with E-state index in [0.717, 1.165) is 11.3 Å². The van der Waals surface area contributed by atoms with Crippen LogP contribution in [0.25, 0.3) is 0 Å². The Morgan fingerprint density at radius 3 is 2.40 bits per heavy atom. The van der Waals surface area contributed by atoms with Crippen LogP contribution >= 0.6 is 46.1 Å². The van der Waals surface area contributed by atoms with Crippen LogP contribution in [0, 0.1) is 0 Å². The Balaban J connectivity index is 1.92. The molecule has 0 bridgehead atoms. The number of hydrogen-bond donors (Lipinski definition) is 2. The van der Waals surface area contributed by atoms with Gasteiger partial charge in [-0.3, -0.25) is 9.59 Å². The third-order valence-electron chi connectivity index (χ3n) is 2.60. The molecule has 0 radical (unpaired) electrons. The van der Waals surface area contributed by atoms with E-state index in [1.807, 2.05) is 0 Å². The maximum Gasteiger partial charge on any atom is 0.358 e. The molecule has 1 aromatic heterocycles. The fourth-order valence-corrected chi connectivity index (χ4v) is 3.26. The van der Waals surface area contributed by atoms with Gasteiger partial charge in [0.2, 0.25) is 5.91 Å². The lowest BCUT2D eigenvalue weighted by Gasteiger charge is -2.09. The van der Waals surface area contributed by atoms with Gasteiger partial charge in [0.1, 0.15) is 0 Å². The van der Waals surface area contributed by atoms with Gasteiger partial charge in [-0.25, -0.2) is 9.78 Å². The van der Waals surface area contributed by atoms with E-state index >= 15 is 0 Å². The molecule has 2 rings (SSSR count).